The van der Waals surface area contributed by atoms with Gasteiger partial charge in [0, 0.05) is 13.0 Å². The van der Waals surface area contributed by atoms with Gasteiger partial charge in [0.2, 0.25) is 0 Å². The number of hydrogen-bond acceptors (Lipinski definition) is 11. The van der Waals surface area contributed by atoms with Gasteiger partial charge in [-0.25, -0.2) is 4.79 Å². The van der Waals surface area contributed by atoms with Crippen molar-refractivity contribution in [3.05, 3.63) is 0 Å². The molecule has 1 N–H and O–H groups in total. The summed E-state index contributed by atoms with van der Waals surface area (Å²) in [6, 6.07) is 0. The molecule has 220 valence electrons. The molecule has 0 bridgehead atoms. The first-order valence-corrected chi connectivity index (χ1v) is 12.9. The summed E-state index contributed by atoms with van der Waals surface area (Å²) in [5.41, 5.74) is -0.509. The Hall–Kier alpha value is -1.38. The van der Waals surface area contributed by atoms with Crippen LogP contribution in [0.25, 0.3) is 0 Å². The zero-order chi connectivity index (χ0) is 27.5. The van der Waals surface area contributed by atoms with E-state index in [0.29, 0.717) is 119 Å². The lowest BCUT2D eigenvalue weighted by Crippen LogP contribution is -2.34. The van der Waals surface area contributed by atoms with Crippen molar-refractivity contribution in [2.75, 3.05) is 112 Å². The first-order valence-electron chi connectivity index (χ1n) is 12.9. The Morgan fingerprint density at radius 2 is 0.811 bits per heavy atom. The van der Waals surface area contributed by atoms with Crippen molar-refractivity contribution in [3.63, 3.8) is 0 Å². The monoisotopic (exact) mass is 539 g/mol. The van der Waals surface area contributed by atoms with Crippen molar-refractivity contribution in [2.45, 2.75) is 39.7 Å². The third-order valence-electron chi connectivity index (χ3n) is 4.12. The average molecular weight is 540 g/mol. The summed E-state index contributed by atoms with van der Waals surface area (Å²) >= 11 is 0. The molecular weight excluding hydrogens is 490 g/mol. The van der Waals surface area contributed by atoms with E-state index in [9.17, 15) is 9.59 Å². The molecule has 0 aliphatic heterocycles. The number of rotatable bonds is 27. The van der Waals surface area contributed by atoms with Gasteiger partial charge in [-0.05, 0) is 27.7 Å². The summed E-state index contributed by atoms with van der Waals surface area (Å²) in [5.74, 6) is 0.124. The van der Waals surface area contributed by atoms with E-state index in [1.807, 2.05) is 20.8 Å². The minimum absolute atomic E-state index is 0.124. The molecule has 0 unspecified atom stereocenters. The van der Waals surface area contributed by atoms with Gasteiger partial charge in [-0.15, -0.1) is 0 Å². The van der Waals surface area contributed by atoms with E-state index in [2.05, 4.69) is 5.32 Å². The Morgan fingerprint density at radius 3 is 1.11 bits per heavy atom. The van der Waals surface area contributed by atoms with E-state index < -0.39 is 11.7 Å². The third-order valence-corrected chi connectivity index (χ3v) is 4.12. The summed E-state index contributed by atoms with van der Waals surface area (Å²) in [7, 11) is 0. The molecule has 37 heavy (non-hydrogen) atoms. The van der Waals surface area contributed by atoms with E-state index >= 15 is 0 Å². The number of amides is 1. The van der Waals surface area contributed by atoms with Gasteiger partial charge in [0.15, 0.2) is 0 Å². The highest BCUT2D eigenvalue weighted by Crippen LogP contribution is 2.06. The molecule has 0 saturated carbocycles. The molecule has 12 heteroatoms. The van der Waals surface area contributed by atoms with Crippen LogP contribution in [0.3, 0.4) is 0 Å². The van der Waals surface area contributed by atoms with Crippen LogP contribution in [0.1, 0.15) is 34.1 Å². The van der Waals surface area contributed by atoms with Gasteiger partial charge in [0.1, 0.15) is 11.4 Å². The minimum Gasteiger partial charge on any atom is -0.444 e. The van der Waals surface area contributed by atoms with Crippen molar-refractivity contribution >= 4 is 11.9 Å². The molecule has 0 aromatic carbocycles. The fraction of sp³-hybridized carbons (Fsp3) is 0.920. The minimum atomic E-state index is -0.509. The van der Waals surface area contributed by atoms with Crippen LogP contribution in [0.5, 0.6) is 0 Å². The summed E-state index contributed by atoms with van der Waals surface area (Å²) in [6.45, 7) is 15.0. The second kappa shape index (κ2) is 26.2. The van der Waals surface area contributed by atoms with Crippen molar-refractivity contribution in [1.29, 1.82) is 0 Å². The van der Waals surface area contributed by atoms with Crippen LogP contribution in [0.15, 0.2) is 0 Å². The molecule has 0 aromatic rings. The van der Waals surface area contributed by atoms with Crippen molar-refractivity contribution in [3.8, 4) is 0 Å². The van der Waals surface area contributed by atoms with E-state index in [0.717, 1.165) is 0 Å². The van der Waals surface area contributed by atoms with Crippen molar-refractivity contribution in [2.24, 2.45) is 0 Å². The summed E-state index contributed by atoms with van der Waals surface area (Å²) in [6.07, 6.45) is -0.0120. The Bertz CT molecular complexity index is 529. The molecule has 0 aromatic heterocycles. The number of nitrogens with one attached hydrogen (secondary N) is 1. The SMILES string of the molecule is CC(=O)CCOCCOCCOCCOCCOCCOCCOCCOCCNC(=O)OC(C)(C)C. The molecule has 1 amide bonds. The fourth-order valence-electron chi connectivity index (χ4n) is 2.40. The predicted molar refractivity (Wildman–Crippen MR) is 136 cm³/mol. The number of ketones is 1. The maximum absolute atomic E-state index is 11.4. The molecule has 12 nitrogen and oxygen atoms in total. The van der Waals surface area contributed by atoms with Gasteiger partial charge in [0.25, 0.3) is 0 Å². The number of ether oxygens (including phenoxy) is 9. The van der Waals surface area contributed by atoms with Gasteiger partial charge >= 0.3 is 6.09 Å². The van der Waals surface area contributed by atoms with Crippen molar-refractivity contribution in [1.82, 2.24) is 5.32 Å². The third kappa shape index (κ3) is 32.6. The summed E-state index contributed by atoms with van der Waals surface area (Å²) in [5, 5.41) is 2.62. The smallest absolute Gasteiger partial charge is 0.407 e. The van der Waals surface area contributed by atoms with Crippen molar-refractivity contribution < 1.29 is 52.2 Å². The number of alkyl carbamates (subject to hydrolysis) is 1. The van der Waals surface area contributed by atoms with Gasteiger partial charge < -0.3 is 47.9 Å². The molecule has 0 radical (unpaired) electrons. The Labute approximate surface area is 221 Å². The highest BCUT2D eigenvalue weighted by atomic mass is 16.6. The Kier molecular flexibility index (Phi) is 25.3. The molecule has 0 saturated heterocycles. The zero-order valence-electron chi connectivity index (χ0n) is 23.2. The van der Waals surface area contributed by atoms with Crippen LogP contribution in [-0.4, -0.2) is 130 Å². The summed E-state index contributed by atoms with van der Waals surface area (Å²) in [4.78, 5) is 22.2. The molecular formula is C25H49NO11. The second-order valence-corrected chi connectivity index (χ2v) is 8.78. The zero-order valence-corrected chi connectivity index (χ0v) is 23.2. The van der Waals surface area contributed by atoms with Crippen LogP contribution < -0.4 is 5.32 Å². The van der Waals surface area contributed by atoms with Gasteiger partial charge in [-0.3, -0.25) is 4.79 Å². The molecule has 0 heterocycles. The van der Waals surface area contributed by atoms with Gasteiger partial charge in [-0.2, -0.15) is 0 Å². The summed E-state index contributed by atoms with van der Waals surface area (Å²) < 4.78 is 48.2. The first kappa shape index (κ1) is 35.6. The van der Waals surface area contributed by atoms with Crippen LogP contribution >= 0.6 is 0 Å². The molecule has 0 aliphatic rings. The standard InChI is InChI=1S/C25H49NO11/c1-23(27)5-7-29-9-11-31-13-15-33-17-19-35-21-22-36-20-18-34-16-14-32-12-10-30-8-6-26-24(28)37-25(2,3)4/h5-22H2,1-4H3,(H,26,28). The molecule has 0 fully saturated rings. The fourth-order valence-corrected chi connectivity index (χ4v) is 2.40. The van der Waals surface area contributed by atoms with Gasteiger partial charge in [-0.1, -0.05) is 0 Å². The van der Waals surface area contributed by atoms with Gasteiger partial charge in [0.05, 0.1) is 106 Å². The maximum Gasteiger partial charge on any atom is 0.407 e. The van der Waals surface area contributed by atoms with E-state index in [4.69, 9.17) is 42.6 Å². The molecule has 0 spiro atoms. The van der Waals surface area contributed by atoms with Crippen LogP contribution in [-0.2, 0) is 47.4 Å². The van der Waals surface area contributed by atoms with Crippen LogP contribution in [0.4, 0.5) is 4.79 Å². The second-order valence-electron chi connectivity index (χ2n) is 8.78. The maximum atomic E-state index is 11.4. The number of hydrogen-bond donors (Lipinski definition) is 1. The lowest BCUT2D eigenvalue weighted by molar-refractivity contribution is -0.118. The molecule has 0 rings (SSSR count). The lowest BCUT2D eigenvalue weighted by Gasteiger charge is -2.19. The topological polar surface area (TPSA) is 129 Å². The van der Waals surface area contributed by atoms with E-state index in [1.165, 1.54) is 0 Å². The van der Waals surface area contributed by atoms with E-state index in [-0.39, 0.29) is 5.78 Å². The number of Topliss-reactive ketones (excluding diaryl/α,β-unsaturated/α-hetero) is 1. The highest BCUT2D eigenvalue weighted by molar-refractivity contribution is 5.75. The Balaban J connectivity index is 3.11. The van der Waals surface area contributed by atoms with E-state index in [1.54, 1.807) is 6.92 Å². The van der Waals surface area contributed by atoms with Crippen LogP contribution in [0, 0.1) is 0 Å². The molecule has 0 aliphatic carbocycles. The number of carbonyl (C=O) groups is 2. The largest absolute Gasteiger partial charge is 0.444 e. The predicted octanol–water partition coefficient (Wildman–Crippen LogP) is 1.62. The normalized spacial score (nSPS) is 11.6. The van der Waals surface area contributed by atoms with Crippen LogP contribution in [0.2, 0.25) is 0 Å². The first-order chi connectivity index (χ1) is 17.8. The average Bonchev–Trinajstić information content (AvgIpc) is 2.82. The lowest BCUT2D eigenvalue weighted by atomic mass is 10.2. The highest BCUT2D eigenvalue weighted by Gasteiger charge is 2.15. The quantitative estimate of drug-likeness (QED) is 0.153. The Morgan fingerprint density at radius 1 is 0.514 bits per heavy atom. The number of carbonyl (C=O) groups excluding carboxylic acids is 2. The molecule has 0 atom stereocenters.